The van der Waals surface area contributed by atoms with Crippen LogP contribution in [0, 0.1) is 0 Å². The third-order valence-electron chi connectivity index (χ3n) is 6.07. The standard InChI is InChI=1S/C21H31F3N4/c1-15(2)28-11-7-18(8-12-28)27-19(25-3)26-14-20(9-10-20)16-5-4-6-17(13-16)21(22,23)24/h4-6,13,15,18H,7-12,14H2,1-3H3,(H2,25,26,27). The van der Waals surface area contributed by atoms with Gasteiger partial charge in [-0.15, -0.1) is 0 Å². The molecular formula is C21H31F3N4. The number of hydrogen-bond donors (Lipinski definition) is 2. The van der Waals surface area contributed by atoms with Crippen LogP contribution in [0.4, 0.5) is 13.2 Å². The summed E-state index contributed by atoms with van der Waals surface area (Å²) in [6.07, 6.45) is -0.382. The van der Waals surface area contributed by atoms with Gasteiger partial charge in [-0.25, -0.2) is 0 Å². The molecule has 1 aliphatic carbocycles. The van der Waals surface area contributed by atoms with Crippen molar-refractivity contribution < 1.29 is 13.2 Å². The molecule has 3 rings (SSSR count). The Kier molecular flexibility index (Phi) is 6.22. The van der Waals surface area contributed by atoms with Crippen LogP contribution in [-0.2, 0) is 11.6 Å². The van der Waals surface area contributed by atoms with E-state index in [1.165, 1.54) is 12.1 Å². The summed E-state index contributed by atoms with van der Waals surface area (Å²) >= 11 is 0. The number of guanidine groups is 1. The zero-order valence-corrected chi connectivity index (χ0v) is 16.9. The molecule has 0 aromatic heterocycles. The Balaban J connectivity index is 1.56. The Morgan fingerprint density at radius 1 is 1.25 bits per heavy atom. The number of rotatable bonds is 5. The van der Waals surface area contributed by atoms with Crippen molar-refractivity contribution in [1.29, 1.82) is 0 Å². The van der Waals surface area contributed by atoms with E-state index in [4.69, 9.17) is 0 Å². The van der Waals surface area contributed by atoms with E-state index in [2.05, 4.69) is 34.4 Å². The van der Waals surface area contributed by atoms with E-state index in [-0.39, 0.29) is 5.41 Å². The van der Waals surface area contributed by atoms with Crippen molar-refractivity contribution in [1.82, 2.24) is 15.5 Å². The Hall–Kier alpha value is -1.76. The molecule has 2 fully saturated rings. The van der Waals surface area contributed by atoms with Gasteiger partial charge in [0.1, 0.15) is 0 Å². The van der Waals surface area contributed by atoms with E-state index in [1.807, 2.05) is 6.07 Å². The molecule has 0 bridgehead atoms. The minimum atomic E-state index is -4.30. The molecule has 0 unspecified atom stereocenters. The summed E-state index contributed by atoms with van der Waals surface area (Å²) in [5.41, 5.74) is -0.0360. The molecule has 156 valence electrons. The number of halogens is 3. The summed E-state index contributed by atoms with van der Waals surface area (Å²) in [6, 6.07) is 6.70. The molecular weight excluding hydrogens is 365 g/mol. The first-order chi connectivity index (χ1) is 13.2. The first kappa shape index (κ1) is 21.0. The van der Waals surface area contributed by atoms with Gasteiger partial charge in [0.25, 0.3) is 0 Å². The lowest BCUT2D eigenvalue weighted by Gasteiger charge is -2.35. The highest BCUT2D eigenvalue weighted by Gasteiger charge is 2.45. The van der Waals surface area contributed by atoms with Gasteiger partial charge < -0.3 is 15.5 Å². The maximum absolute atomic E-state index is 13.0. The van der Waals surface area contributed by atoms with Crippen molar-refractivity contribution >= 4 is 5.96 Å². The van der Waals surface area contributed by atoms with E-state index in [9.17, 15) is 13.2 Å². The van der Waals surface area contributed by atoms with Crippen molar-refractivity contribution in [3.05, 3.63) is 35.4 Å². The largest absolute Gasteiger partial charge is 0.416 e. The number of benzene rings is 1. The molecule has 0 spiro atoms. The van der Waals surface area contributed by atoms with Crippen LogP contribution in [0.3, 0.4) is 0 Å². The van der Waals surface area contributed by atoms with Gasteiger partial charge in [0.05, 0.1) is 5.56 Å². The minimum absolute atomic E-state index is 0.222. The van der Waals surface area contributed by atoms with Gasteiger partial charge in [-0.3, -0.25) is 4.99 Å². The van der Waals surface area contributed by atoms with Gasteiger partial charge in [-0.1, -0.05) is 18.2 Å². The molecule has 2 aliphatic rings. The van der Waals surface area contributed by atoms with Gasteiger partial charge in [-0.05, 0) is 51.2 Å². The highest BCUT2D eigenvalue weighted by Crippen LogP contribution is 2.48. The van der Waals surface area contributed by atoms with Gasteiger partial charge in [0.2, 0.25) is 0 Å². The molecule has 1 aliphatic heterocycles. The lowest BCUT2D eigenvalue weighted by molar-refractivity contribution is -0.137. The summed E-state index contributed by atoms with van der Waals surface area (Å²) < 4.78 is 39.1. The van der Waals surface area contributed by atoms with E-state index < -0.39 is 11.7 Å². The number of aliphatic imine (C=N–C) groups is 1. The van der Waals surface area contributed by atoms with Gasteiger partial charge >= 0.3 is 6.18 Å². The zero-order chi connectivity index (χ0) is 20.4. The Morgan fingerprint density at radius 3 is 2.46 bits per heavy atom. The molecule has 1 aromatic carbocycles. The average Bonchev–Trinajstić information content (AvgIpc) is 3.46. The summed E-state index contributed by atoms with van der Waals surface area (Å²) in [5.74, 6) is 0.737. The molecule has 0 atom stereocenters. The number of piperidine rings is 1. The molecule has 1 saturated carbocycles. The third kappa shape index (κ3) is 4.99. The van der Waals surface area contributed by atoms with Crippen LogP contribution in [0.1, 0.15) is 50.7 Å². The summed E-state index contributed by atoms with van der Waals surface area (Å²) in [7, 11) is 1.74. The van der Waals surface area contributed by atoms with Crippen molar-refractivity contribution in [3.8, 4) is 0 Å². The zero-order valence-electron chi connectivity index (χ0n) is 16.9. The monoisotopic (exact) mass is 396 g/mol. The van der Waals surface area contributed by atoms with Crippen molar-refractivity contribution in [2.75, 3.05) is 26.7 Å². The number of nitrogens with one attached hydrogen (secondary N) is 2. The SMILES string of the molecule is CN=C(NCC1(c2cccc(C(F)(F)F)c2)CC1)NC1CCN(C(C)C)CC1. The highest BCUT2D eigenvalue weighted by atomic mass is 19.4. The fraction of sp³-hybridized carbons (Fsp3) is 0.667. The summed E-state index contributed by atoms with van der Waals surface area (Å²) in [5, 5.41) is 6.84. The molecule has 2 N–H and O–H groups in total. The molecule has 1 heterocycles. The smallest absolute Gasteiger partial charge is 0.356 e. The lowest BCUT2D eigenvalue weighted by atomic mass is 9.94. The van der Waals surface area contributed by atoms with Crippen LogP contribution in [0.5, 0.6) is 0 Å². The van der Waals surface area contributed by atoms with Crippen LogP contribution in [-0.4, -0.2) is 49.6 Å². The fourth-order valence-electron chi connectivity index (χ4n) is 3.94. The second-order valence-corrected chi connectivity index (χ2v) is 8.33. The van der Waals surface area contributed by atoms with Gasteiger partial charge in [-0.2, -0.15) is 13.2 Å². The second kappa shape index (κ2) is 8.31. The Labute approximate surface area is 165 Å². The van der Waals surface area contributed by atoms with Crippen LogP contribution < -0.4 is 10.6 Å². The first-order valence-corrected chi connectivity index (χ1v) is 10.1. The number of hydrogen-bond acceptors (Lipinski definition) is 2. The second-order valence-electron chi connectivity index (χ2n) is 8.33. The molecule has 28 heavy (non-hydrogen) atoms. The fourth-order valence-corrected chi connectivity index (χ4v) is 3.94. The van der Waals surface area contributed by atoms with Crippen molar-refractivity contribution in [2.45, 2.75) is 63.2 Å². The maximum atomic E-state index is 13.0. The lowest BCUT2D eigenvalue weighted by Crippen LogP contribution is -2.50. The average molecular weight is 397 g/mol. The highest BCUT2D eigenvalue weighted by molar-refractivity contribution is 5.80. The number of alkyl halides is 3. The third-order valence-corrected chi connectivity index (χ3v) is 6.07. The van der Waals surface area contributed by atoms with E-state index in [0.717, 1.165) is 56.4 Å². The van der Waals surface area contributed by atoms with Crippen LogP contribution >= 0.6 is 0 Å². The van der Waals surface area contributed by atoms with Crippen LogP contribution in [0.15, 0.2) is 29.3 Å². The molecule has 4 nitrogen and oxygen atoms in total. The quantitative estimate of drug-likeness (QED) is 0.588. The Morgan fingerprint density at radius 2 is 1.93 bits per heavy atom. The number of nitrogens with zero attached hydrogens (tertiary/aromatic N) is 2. The van der Waals surface area contributed by atoms with E-state index in [0.29, 0.717) is 18.6 Å². The van der Waals surface area contributed by atoms with Crippen molar-refractivity contribution in [3.63, 3.8) is 0 Å². The predicted octanol–water partition coefficient (Wildman–Crippen LogP) is 3.77. The topological polar surface area (TPSA) is 39.7 Å². The van der Waals surface area contributed by atoms with E-state index in [1.54, 1.807) is 7.05 Å². The normalized spacial score (nSPS) is 21.0. The maximum Gasteiger partial charge on any atom is 0.416 e. The number of likely N-dealkylation sites (tertiary alicyclic amines) is 1. The Bertz CT molecular complexity index is 687. The van der Waals surface area contributed by atoms with Gasteiger partial charge in [0, 0.05) is 44.2 Å². The van der Waals surface area contributed by atoms with Crippen LogP contribution in [0.2, 0.25) is 0 Å². The first-order valence-electron chi connectivity index (χ1n) is 10.1. The molecule has 7 heteroatoms. The van der Waals surface area contributed by atoms with Crippen molar-refractivity contribution in [2.24, 2.45) is 4.99 Å². The van der Waals surface area contributed by atoms with Crippen LogP contribution in [0.25, 0.3) is 0 Å². The molecule has 1 aromatic rings. The predicted molar refractivity (Wildman–Crippen MR) is 107 cm³/mol. The summed E-state index contributed by atoms with van der Waals surface area (Å²) in [6.45, 7) is 7.17. The molecule has 0 radical (unpaired) electrons. The van der Waals surface area contributed by atoms with E-state index >= 15 is 0 Å². The minimum Gasteiger partial charge on any atom is -0.356 e. The molecule has 0 amide bonds. The summed E-state index contributed by atoms with van der Waals surface area (Å²) in [4.78, 5) is 6.79. The van der Waals surface area contributed by atoms with Gasteiger partial charge in [0.15, 0.2) is 5.96 Å². The molecule has 1 saturated heterocycles.